The molecule has 1 aromatic rings. The number of hydrogen-bond acceptors (Lipinski definition) is 3. The molecule has 0 aliphatic carbocycles. The maximum atomic E-state index is 12.8. The summed E-state index contributed by atoms with van der Waals surface area (Å²) in [5.41, 5.74) is 1.86. The highest BCUT2D eigenvalue weighted by Crippen LogP contribution is 2.22. The third-order valence-electron chi connectivity index (χ3n) is 3.80. The van der Waals surface area contributed by atoms with Crippen LogP contribution in [0.25, 0.3) is 0 Å². The van der Waals surface area contributed by atoms with Gasteiger partial charge in [0, 0.05) is 32.7 Å². The third-order valence-corrected chi connectivity index (χ3v) is 6.26. The molecule has 0 saturated carbocycles. The van der Waals surface area contributed by atoms with Gasteiger partial charge in [-0.2, -0.15) is 4.31 Å². The summed E-state index contributed by atoms with van der Waals surface area (Å²) < 4.78 is 27.1. The van der Waals surface area contributed by atoms with Crippen LogP contribution in [0.4, 0.5) is 0 Å². The van der Waals surface area contributed by atoms with Crippen LogP contribution in [0.3, 0.4) is 0 Å². The Morgan fingerprint density at radius 3 is 2.41 bits per heavy atom. The van der Waals surface area contributed by atoms with Crippen LogP contribution in [-0.2, 0) is 10.0 Å². The Morgan fingerprint density at radius 1 is 1.23 bits per heavy atom. The third kappa shape index (κ3) is 3.59. The van der Waals surface area contributed by atoms with E-state index in [-0.39, 0.29) is 0 Å². The molecule has 0 bridgehead atoms. The van der Waals surface area contributed by atoms with Crippen molar-refractivity contribution < 1.29 is 8.42 Å². The van der Waals surface area contributed by atoms with E-state index in [4.69, 9.17) is 12.2 Å². The van der Waals surface area contributed by atoms with Crippen LogP contribution >= 0.6 is 12.2 Å². The summed E-state index contributed by atoms with van der Waals surface area (Å²) in [6.07, 6.45) is 0. The molecule has 0 atom stereocenters. The molecule has 1 aliphatic rings. The van der Waals surface area contributed by atoms with E-state index in [9.17, 15) is 8.42 Å². The summed E-state index contributed by atoms with van der Waals surface area (Å²) in [5.74, 6) is 0. The molecule has 122 valence electrons. The van der Waals surface area contributed by atoms with E-state index in [1.54, 1.807) is 10.4 Å². The number of sulfonamides is 1. The second kappa shape index (κ2) is 6.93. The zero-order chi connectivity index (χ0) is 16.3. The van der Waals surface area contributed by atoms with E-state index < -0.39 is 10.0 Å². The molecule has 22 heavy (non-hydrogen) atoms. The van der Waals surface area contributed by atoms with Gasteiger partial charge >= 0.3 is 0 Å². The minimum absolute atomic E-state index is 0.404. The van der Waals surface area contributed by atoms with Gasteiger partial charge in [0.2, 0.25) is 10.0 Å². The highest BCUT2D eigenvalue weighted by Gasteiger charge is 2.30. The summed E-state index contributed by atoms with van der Waals surface area (Å²) in [6, 6.07) is 5.45. The predicted octanol–water partition coefficient (Wildman–Crippen LogP) is 1.50. The van der Waals surface area contributed by atoms with Gasteiger partial charge in [-0.25, -0.2) is 8.42 Å². The fourth-order valence-electron chi connectivity index (χ4n) is 2.62. The first-order chi connectivity index (χ1) is 10.4. The Morgan fingerprint density at radius 2 is 1.86 bits per heavy atom. The Balaban J connectivity index is 2.11. The van der Waals surface area contributed by atoms with Crippen LogP contribution in [0.1, 0.15) is 18.1 Å². The fourth-order valence-corrected chi connectivity index (χ4v) is 4.58. The molecule has 2 rings (SSSR count). The van der Waals surface area contributed by atoms with Crippen molar-refractivity contribution in [1.82, 2.24) is 14.5 Å². The smallest absolute Gasteiger partial charge is 0.243 e. The van der Waals surface area contributed by atoms with Gasteiger partial charge in [-0.3, -0.25) is 0 Å². The van der Waals surface area contributed by atoms with Crippen LogP contribution in [0, 0.1) is 13.8 Å². The zero-order valence-corrected chi connectivity index (χ0v) is 14.9. The predicted molar refractivity (Wildman–Crippen MR) is 92.5 cm³/mol. The molecule has 0 amide bonds. The molecule has 0 spiro atoms. The van der Waals surface area contributed by atoms with E-state index in [0.717, 1.165) is 17.7 Å². The SMILES string of the molecule is CCNC(=S)N1CCN(S(=O)(=O)c2ccc(C)cc2C)CC1. The molecule has 0 unspecified atom stereocenters. The van der Waals surface area contributed by atoms with Crippen molar-refractivity contribution in [3.05, 3.63) is 29.3 Å². The van der Waals surface area contributed by atoms with Gasteiger partial charge in [-0.05, 0) is 44.6 Å². The minimum atomic E-state index is -3.43. The van der Waals surface area contributed by atoms with Crippen LogP contribution < -0.4 is 5.32 Å². The van der Waals surface area contributed by atoms with Crippen molar-refractivity contribution in [3.63, 3.8) is 0 Å². The average molecular weight is 342 g/mol. The van der Waals surface area contributed by atoms with Crippen molar-refractivity contribution in [2.75, 3.05) is 32.7 Å². The summed E-state index contributed by atoms with van der Waals surface area (Å²) in [6.45, 7) is 8.74. The molecule has 1 heterocycles. The van der Waals surface area contributed by atoms with Gasteiger partial charge in [-0.1, -0.05) is 17.7 Å². The molecular formula is C15H23N3O2S2. The lowest BCUT2D eigenvalue weighted by atomic mass is 10.2. The topological polar surface area (TPSA) is 52.6 Å². The van der Waals surface area contributed by atoms with Crippen LogP contribution in [0.2, 0.25) is 0 Å². The number of nitrogens with zero attached hydrogens (tertiary/aromatic N) is 2. The number of nitrogens with one attached hydrogen (secondary N) is 1. The van der Waals surface area contributed by atoms with E-state index >= 15 is 0 Å². The Labute approximate surface area is 138 Å². The normalized spacial score (nSPS) is 16.6. The van der Waals surface area contributed by atoms with Crippen LogP contribution in [0.15, 0.2) is 23.1 Å². The number of rotatable bonds is 3. The van der Waals surface area contributed by atoms with Crippen molar-refractivity contribution in [2.45, 2.75) is 25.7 Å². The van der Waals surface area contributed by atoms with Gasteiger partial charge < -0.3 is 10.2 Å². The van der Waals surface area contributed by atoms with E-state index in [1.165, 1.54) is 0 Å². The van der Waals surface area contributed by atoms with Crippen molar-refractivity contribution >= 4 is 27.4 Å². The molecule has 1 fully saturated rings. The van der Waals surface area contributed by atoms with Crippen LogP contribution in [-0.4, -0.2) is 55.5 Å². The number of piperazine rings is 1. The summed E-state index contributed by atoms with van der Waals surface area (Å²) in [7, 11) is -3.43. The molecule has 1 aliphatic heterocycles. The van der Waals surface area contributed by atoms with Crippen molar-refractivity contribution in [1.29, 1.82) is 0 Å². The average Bonchev–Trinajstić information content (AvgIpc) is 2.47. The number of hydrogen-bond donors (Lipinski definition) is 1. The second-order valence-corrected chi connectivity index (χ2v) is 7.79. The first-order valence-corrected chi connectivity index (χ1v) is 9.31. The van der Waals surface area contributed by atoms with Crippen molar-refractivity contribution in [3.8, 4) is 0 Å². The first kappa shape index (κ1) is 17.2. The van der Waals surface area contributed by atoms with E-state index in [2.05, 4.69) is 5.32 Å². The van der Waals surface area contributed by atoms with E-state index in [1.807, 2.05) is 37.8 Å². The number of thiocarbonyl (C=S) groups is 1. The van der Waals surface area contributed by atoms with Gasteiger partial charge in [0.05, 0.1) is 4.90 Å². The lowest BCUT2D eigenvalue weighted by Crippen LogP contribution is -2.53. The molecule has 7 heteroatoms. The van der Waals surface area contributed by atoms with Crippen molar-refractivity contribution in [2.24, 2.45) is 0 Å². The largest absolute Gasteiger partial charge is 0.363 e. The first-order valence-electron chi connectivity index (χ1n) is 7.46. The molecule has 1 saturated heterocycles. The van der Waals surface area contributed by atoms with Gasteiger partial charge in [0.1, 0.15) is 0 Å². The van der Waals surface area contributed by atoms with Gasteiger partial charge in [0.15, 0.2) is 5.11 Å². The summed E-state index contributed by atoms with van der Waals surface area (Å²) in [5, 5.41) is 3.81. The molecule has 1 aromatic carbocycles. The maximum absolute atomic E-state index is 12.8. The monoisotopic (exact) mass is 341 g/mol. The number of aryl methyl sites for hydroxylation is 2. The standard InChI is InChI=1S/C15H23N3O2S2/c1-4-16-15(21)17-7-9-18(10-8-17)22(19,20)14-6-5-12(2)11-13(14)3/h5-6,11H,4,7-10H2,1-3H3,(H,16,21). The maximum Gasteiger partial charge on any atom is 0.243 e. The molecule has 1 N–H and O–H groups in total. The lowest BCUT2D eigenvalue weighted by Gasteiger charge is -2.35. The molecule has 0 radical (unpaired) electrons. The zero-order valence-electron chi connectivity index (χ0n) is 13.3. The Bertz CT molecular complexity index is 651. The fraction of sp³-hybridized carbons (Fsp3) is 0.533. The quantitative estimate of drug-likeness (QED) is 0.845. The number of benzene rings is 1. The minimum Gasteiger partial charge on any atom is -0.363 e. The van der Waals surface area contributed by atoms with E-state index in [0.29, 0.717) is 36.2 Å². The highest BCUT2D eigenvalue weighted by molar-refractivity contribution is 7.89. The van der Waals surface area contributed by atoms with Gasteiger partial charge in [-0.15, -0.1) is 0 Å². The summed E-state index contributed by atoms with van der Waals surface area (Å²) in [4.78, 5) is 2.42. The molecule has 5 nitrogen and oxygen atoms in total. The molecular weight excluding hydrogens is 318 g/mol. The van der Waals surface area contributed by atoms with Crippen LogP contribution in [0.5, 0.6) is 0 Å². The second-order valence-electron chi connectivity index (χ2n) is 5.50. The Kier molecular flexibility index (Phi) is 5.41. The summed E-state index contributed by atoms with van der Waals surface area (Å²) >= 11 is 5.28. The van der Waals surface area contributed by atoms with Gasteiger partial charge in [0.25, 0.3) is 0 Å². The molecule has 0 aromatic heterocycles. The lowest BCUT2D eigenvalue weighted by molar-refractivity contribution is 0.264. The Hall–Kier alpha value is -1.18. The highest BCUT2D eigenvalue weighted by atomic mass is 32.2.